The van der Waals surface area contributed by atoms with Crippen molar-refractivity contribution in [2.24, 2.45) is 0 Å². The number of nitrogens with zero attached hydrogens (tertiary/aromatic N) is 3. The van der Waals surface area contributed by atoms with E-state index in [1.54, 1.807) is 0 Å². The van der Waals surface area contributed by atoms with Crippen LogP contribution in [-0.2, 0) is 17.8 Å². The van der Waals surface area contributed by atoms with Crippen LogP contribution in [0.2, 0.25) is 5.02 Å². The summed E-state index contributed by atoms with van der Waals surface area (Å²) in [6.45, 7) is 8.51. The molecule has 1 amide bonds. The van der Waals surface area contributed by atoms with Gasteiger partial charge in [-0.2, -0.15) is 0 Å². The molecule has 2 aromatic carbocycles. The predicted octanol–water partition coefficient (Wildman–Crippen LogP) is 4.93. The summed E-state index contributed by atoms with van der Waals surface area (Å²) in [6, 6.07) is 16.1. The van der Waals surface area contributed by atoms with E-state index in [-0.39, 0.29) is 18.0 Å². The smallest absolute Gasteiger partial charge is 0.243 e. The first kappa shape index (κ1) is 19.4. The fourth-order valence-corrected chi connectivity index (χ4v) is 3.74. The Balaban J connectivity index is 1.97. The molecular formula is C22H26ClN3O. The molecule has 27 heavy (non-hydrogen) atoms. The van der Waals surface area contributed by atoms with Crippen LogP contribution in [0.4, 0.5) is 0 Å². The molecule has 142 valence electrons. The molecule has 0 unspecified atom stereocenters. The zero-order valence-corrected chi connectivity index (χ0v) is 17.1. The van der Waals surface area contributed by atoms with Gasteiger partial charge in [-0.05, 0) is 57.5 Å². The molecule has 0 aliphatic rings. The molecule has 0 saturated heterocycles. The van der Waals surface area contributed by atoms with Crippen molar-refractivity contribution in [3.8, 4) is 0 Å². The lowest BCUT2D eigenvalue weighted by atomic mass is 10.1. The maximum absolute atomic E-state index is 13.0. The van der Waals surface area contributed by atoms with E-state index in [1.807, 2.05) is 58.0 Å². The van der Waals surface area contributed by atoms with Crippen LogP contribution >= 0.6 is 11.6 Å². The number of hydrogen-bond acceptors (Lipinski definition) is 2. The highest BCUT2D eigenvalue weighted by Gasteiger charge is 2.22. The molecule has 1 heterocycles. The Morgan fingerprint density at radius 3 is 2.30 bits per heavy atom. The minimum atomic E-state index is 0.112. The van der Waals surface area contributed by atoms with Gasteiger partial charge in [-0.3, -0.25) is 4.79 Å². The number of benzene rings is 2. The fraction of sp³-hybridized carbons (Fsp3) is 0.364. The van der Waals surface area contributed by atoms with Crippen LogP contribution in [0, 0.1) is 0 Å². The lowest BCUT2D eigenvalue weighted by Crippen LogP contribution is -2.43. The van der Waals surface area contributed by atoms with Crippen molar-refractivity contribution in [2.75, 3.05) is 0 Å². The number of hydrogen-bond donors (Lipinski definition) is 0. The number of para-hydroxylation sites is 2. The first-order chi connectivity index (χ1) is 12.9. The highest BCUT2D eigenvalue weighted by atomic mass is 35.5. The Labute approximate surface area is 165 Å². The first-order valence-electron chi connectivity index (χ1n) is 9.36. The lowest BCUT2D eigenvalue weighted by Gasteiger charge is -2.31. The molecule has 0 aliphatic heterocycles. The van der Waals surface area contributed by atoms with Crippen molar-refractivity contribution < 1.29 is 4.79 Å². The molecule has 3 aromatic rings. The van der Waals surface area contributed by atoms with Crippen LogP contribution in [-0.4, -0.2) is 32.4 Å². The van der Waals surface area contributed by atoms with Crippen molar-refractivity contribution in [1.29, 1.82) is 0 Å². The van der Waals surface area contributed by atoms with Gasteiger partial charge in [0, 0.05) is 23.5 Å². The second-order valence-corrected chi connectivity index (χ2v) is 7.83. The van der Waals surface area contributed by atoms with E-state index < -0.39 is 0 Å². The van der Waals surface area contributed by atoms with Crippen molar-refractivity contribution in [3.63, 3.8) is 0 Å². The zero-order chi connectivity index (χ0) is 19.6. The normalized spacial score (nSPS) is 11.5. The van der Waals surface area contributed by atoms with Crippen molar-refractivity contribution >= 4 is 28.5 Å². The molecule has 0 atom stereocenters. The number of carbonyl (C=O) groups excluding carboxylic acids is 1. The van der Waals surface area contributed by atoms with Gasteiger partial charge in [0.05, 0.1) is 11.0 Å². The third-order valence-corrected chi connectivity index (χ3v) is 4.96. The van der Waals surface area contributed by atoms with E-state index in [1.165, 1.54) is 0 Å². The highest BCUT2D eigenvalue weighted by molar-refractivity contribution is 6.30. The quantitative estimate of drug-likeness (QED) is 0.605. The molecule has 4 nitrogen and oxygen atoms in total. The van der Waals surface area contributed by atoms with Crippen LogP contribution in [0.1, 0.15) is 39.1 Å². The molecule has 0 fully saturated rings. The lowest BCUT2D eigenvalue weighted by molar-refractivity contribution is -0.135. The molecule has 0 bridgehead atoms. The molecule has 3 rings (SSSR count). The molecule has 0 aliphatic carbocycles. The van der Waals surface area contributed by atoms with Gasteiger partial charge in [0.15, 0.2) is 0 Å². The van der Waals surface area contributed by atoms with Gasteiger partial charge >= 0.3 is 0 Å². The Morgan fingerprint density at radius 1 is 1.04 bits per heavy atom. The largest absolute Gasteiger partial charge is 0.336 e. The summed E-state index contributed by atoms with van der Waals surface area (Å²) >= 11 is 6.00. The Kier molecular flexibility index (Phi) is 5.85. The molecule has 5 heteroatoms. The van der Waals surface area contributed by atoms with Crippen LogP contribution in [0.5, 0.6) is 0 Å². The molecular weight excluding hydrogens is 358 g/mol. The zero-order valence-electron chi connectivity index (χ0n) is 16.3. The number of aromatic nitrogens is 2. The van der Waals surface area contributed by atoms with Crippen molar-refractivity contribution in [3.05, 3.63) is 64.9 Å². The number of carbonyl (C=O) groups is 1. The van der Waals surface area contributed by atoms with Gasteiger partial charge in [-0.15, -0.1) is 0 Å². The van der Waals surface area contributed by atoms with E-state index in [9.17, 15) is 4.79 Å². The number of fused-ring (bicyclic) bond motifs is 1. The average molecular weight is 384 g/mol. The topological polar surface area (TPSA) is 38.1 Å². The summed E-state index contributed by atoms with van der Waals surface area (Å²) in [4.78, 5) is 19.8. The minimum Gasteiger partial charge on any atom is -0.336 e. The number of amides is 1. The van der Waals surface area contributed by atoms with Gasteiger partial charge in [-0.25, -0.2) is 4.98 Å². The summed E-state index contributed by atoms with van der Waals surface area (Å²) in [5, 5.41) is 0.715. The summed E-state index contributed by atoms with van der Waals surface area (Å²) in [5.41, 5.74) is 3.02. The van der Waals surface area contributed by atoms with E-state index in [2.05, 4.69) is 27.7 Å². The van der Waals surface area contributed by atoms with Crippen LogP contribution in [0.25, 0.3) is 11.0 Å². The standard InChI is InChI=1S/C22H26ClN3O/c1-15(2)26(16(3)4)22(27)14-25-20-8-6-5-7-19(20)24-21(25)13-17-9-11-18(23)12-10-17/h5-12,15-16H,13-14H2,1-4H3. The van der Waals surface area contributed by atoms with E-state index in [0.717, 1.165) is 22.4 Å². The number of halogens is 1. The maximum Gasteiger partial charge on any atom is 0.243 e. The third kappa shape index (κ3) is 4.33. The second-order valence-electron chi connectivity index (χ2n) is 7.39. The SMILES string of the molecule is CC(C)N(C(=O)Cn1c(Cc2ccc(Cl)cc2)nc2ccccc21)C(C)C. The molecule has 0 spiro atoms. The van der Waals surface area contributed by atoms with Crippen molar-refractivity contribution in [2.45, 2.75) is 52.7 Å². The van der Waals surface area contributed by atoms with Crippen molar-refractivity contribution in [1.82, 2.24) is 14.5 Å². The van der Waals surface area contributed by atoms with E-state index in [4.69, 9.17) is 16.6 Å². The van der Waals surface area contributed by atoms with Crippen LogP contribution < -0.4 is 0 Å². The fourth-order valence-electron chi connectivity index (χ4n) is 3.61. The summed E-state index contributed by atoms with van der Waals surface area (Å²) in [7, 11) is 0. The molecule has 0 N–H and O–H groups in total. The average Bonchev–Trinajstić information content (AvgIpc) is 2.94. The molecule has 0 saturated carbocycles. The van der Waals surface area contributed by atoms with E-state index in [0.29, 0.717) is 18.0 Å². The Bertz CT molecular complexity index is 920. The Morgan fingerprint density at radius 2 is 1.67 bits per heavy atom. The second kappa shape index (κ2) is 8.13. The molecule has 1 aromatic heterocycles. The van der Waals surface area contributed by atoms with Crippen LogP contribution in [0.15, 0.2) is 48.5 Å². The van der Waals surface area contributed by atoms with Gasteiger partial charge in [0.2, 0.25) is 5.91 Å². The summed E-state index contributed by atoms with van der Waals surface area (Å²) in [6.07, 6.45) is 0.655. The first-order valence-corrected chi connectivity index (χ1v) is 9.74. The maximum atomic E-state index is 13.0. The van der Waals surface area contributed by atoms with Gasteiger partial charge < -0.3 is 9.47 Å². The van der Waals surface area contributed by atoms with Gasteiger partial charge in [-0.1, -0.05) is 35.9 Å². The van der Waals surface area contributed by atoms with Crippen LogP contribution in [0.3, 0.4) is 0 Å². The molecule has 0 radical (unpaired) electrons. The van der Waals surface area contributed by atoms with Gasteiger partial charge in [0.25, 0.3) is 0 Å². The number of imidazole rings is 1. The van der Waals surface area contributed by atoms with E-state index >= 15 is 0 Å². The minimum absolute atomic E-state index is 0.112. The third-order valence-electron chi connectivity index (χ3n) is 4.70. The highest BCUT2D eigenvalue weighted by Crippen LogP contribution is 2.20. The monoisotopic (exact) mass is 383 g/mol. The summed E-state index contributed by atoms with van der Waals surface area (Å²) < 4.78 is 2.05. The number of rotatable bonds is 6. The summed E-state index contributed by atoms with van der Waals surface area (Å²) in [5.74, 6) is 1.000. The predicted molar refractivity (Wildman–Crippen MR) is 111 cm³/mol. The van der Waals surface area contributed by atoms with Gasteiger partial charge in [0.1, 0.15) is 12.4 Å². The Hall–Kier alpha value is -2.33.